The van der Waals surface area contributed by atoms with E-state index in [2.05, 4.69) is 41.6 Å². The summed E-state index contributed by atoms with van der Waals surface area (Å²) in [5.41, 5.74) is 1.20. The molecule has 0 saturated heterocycles. The van der Waals surface area contributed by atoms with Crippen LogP contribution in [0.4, 0.5) is 0 Å². The Morgan fingerprint density at radius 3 is 2.72 bits per heavy atom. The quantitative estimate of drug-likeness (QED) is 0.529. The smallest absolute Gasteiger partial charge is 0.243 e. The lowest BCUT2D eigenvalue weighted by Crippen LogP contribution is -2.43. The minimum absolute atomic E-state index is 0.0188. The average Bonchev–Trinajstić information content (AvgIpc) is 2.59. The molecule has 2 N–H and O–H groups in total. The number of carbonyl (C=O) groups excluding carboxylic acids is 1. The fraction of sp³-hybridized carbons (Fsp3) is 0.579. The number of guanidine groups is 1. The Kier molecular flexibility index (Phi) is 9.43. The molecule has 1 amide bonds. The molecule has 1 aromatic rings. The van der Waals surface area contributed by atoms with Crippen LogP contribution in [0.5, 0.6) is 5.75 Å². The van der Waals surface area contributed by atoms with Gasteiger partial charge in [0.25, 0.3) is 0 Å². The number of amides is 1. The van der Waals surface area contributed by atoms with Crippen LogP contribution in [0.3, 0.4) is 0 Å². The van der Waals surface area contributed by atoms with Gasteiger partial charge >= 0.3 is 0 Å². The number of benzene rings is 1. The second-order valence-corrected chi connectivity index (χ2v) is 6.16. The monoisotopic (exact) mass is 348 g/mol. The zero-order valence-corrected chi connectivity index (χ0v) is 16.1. The molecule has 0 bridgehead atoms. The first-order valence-corrected chi connectivity index (χ1v) is 8.93. The highest BCUT2D eigenvalue weighted by atomic mass is 16.5. The van der Waals surface area contributed by atoms with E-state index in [-0.39, 0.29) is 12.5 Å². The highest BCUT2D eigenvalue weighted by Crippen LogP contribution is 2.13. The van der Waals surface area contributed by atoms with Crippen molar-refractivity contribution >= 4 is 11.9 Å². The lowest BCUT2D eigenvalue weighted by molar-refractivity contribution is -0.127. The van der Waals surface area contributed by atoms with Gasteiger partial charge in [-0.2, -0.15) is 0 Å². The maximum Gasteiger partial charge on any atom is 0.243 e. The van der Waals surface area contributed by atoms with Gasteiger partial charge in [-0.1, -0.05) is 19.1 Å². The molecule has 0 spiro atoms. The van der Waals surface area contributed by atoms with Gasteiger partial charge in [-0.3, -0.25) is 4.79 Å². The Bertz CT molecular complexity index is 558. The molecule has 1 unspecified atom stereocenters. The van der Waals surface area contributed by atoms with E-state index < -0.39 is 0 Å². The number of nitrogens with zero attached hydrogens (tertiary/aromatic N) is 2. The van der Waals surface area contributed by atoms with E-state index >= 15 is 0 Å². The Morgan fingerprint density at radius 2 is 2.08 bits per heavy atom. The number of nitrogens with one attached hydrogen (secondary N) is 2. The third-order valence-electron chi connectivity index (χ3n) is 3.78. The van der Waals surface area contributed by atoms with E-state index in [1.54, 1.807) is 19.0 Å². The molecule has 0 aliphatic rings. The van der Waals surface area contributed by atoms with Crippen LogP contribution in [0, 0.1) is 0 Å². The molecule has 0 heterocycles. The van der Waals surface area contributed by atoms with Crippen molar-refractivity contribution in [2.75, 3.05) is 33.8 Å². The van der Waals surface area contributed by atoms with Crippen LogP contribution in [-0.2, 0) is 11.2 Å². The number of rotatable bonds is 9. The summed E-state index contributed by atoms with van der Waals surface area (Å²) in [7, 11) is 3.47. The summed E-state index contributed by atoms with van der Waals surface area (Å²) >= 11 is 0. The van der Waals surface area contributed by atoms with Crippen molar-refractivity contribution < 1.29 is 9.53 Å². The van der Waals surface area contributed by atoms with Gasteiger partial charge in [0.2, 0.25) is 5.91 Å². The van der Waals surface area contributed by atoms with E-state index in [9.17, 15) is 4.79 Å². The highest BCUT2D eigenvalue weighted by molar-refractivity contribution is 5.84. The van der Waals surface area contributed by atoms with E-state index in [1.807, 2.05) is 19.1 Å². The fourth-order valence-electron chi connectivity index (χ4n) is 2.06. The van der Waals surface area contributed by atoms with E-state index in [4.69, 9.17) is 4.74 Å². The SMILES string of the molecule is CCOc1cccc(CCNC(=NCC(=O)N(C)C)NC(C)CC)c1. The third kappa shape index (κ3) is 8.42. The van der Waals surface area contributed by atoms with Crippen molar-refractivity contribution in [2.24, 2.45) is 4.99 Å². The summed E-state index contributed by atoms with van der Waals surface area (Å²) in [5.74, 6) is 1.54. The standard InChI is InChI=1S/C19H32N4O2/c1-6-15(3)22-19(21-14-18(24)23(4)5)20-12-11-16-9-8-10-17(13-16)25-7-2/h8-10,13,15H,6-7,11-12,14H2,1-5H3,(H2,20,21,22). The first kappa shape index (κ1) is 20.8. The van der Waals surface area contributed by atoms with Gasteiger partial charge in [-0.05, 0) is 44.4 Å². The summed E-state index contributed by atoms with van der Waals surface area (Å²) in [4.78, 5) is 17.7. The lowest BCUT2D eigenvalue weighted by atomic mass is 10.1. The summed E-state index contributed by atoms with van der Waals surface area (Å²) in [6.07, 6.45) is 1.84. The first-order chi connectivity index (χ1) is 12.0. The van der Waals surface area contributed by atoms with Gasteiger partial charge in [0, 0.05) is 26.7 Å². The van der Waals surface area contributed by atoms with Crippen LogP contribution in [0.25, 0.3) is 0 Å². The number of likely N-dealkylation sites (N-methyl/N-ethyl adjacent to an activating group) is 1. The summed E-state index contributed by atoms with van der Waals surface area (Å²) in [6.45, 7) is 7.71. The minimum Gasteiger partial charge on any atom is -0.494 e. The van der Waals surface area contributed by atoms with Crippen molar-refractivity contribution in [1.82, 2.24) is 15.5 Å². The van der Waals surface area contributed by atoms with Crippen LogP contribution < -0.4 is 15.4 Å². The maximum absolute atomic E-state index is 11.7. The molecule has 140 valence electrons. The molecule has 0 aliphatic carbocycles. The summed E-state index contributed by atoms with van der Waals surface area (Å²) in [5, 5.41) is 6.63. The van der Waals surface area contributed by atoms with Crippen molar-refractivity contribution in [2.45, 2.75) is 39.7 Å². The van der Waals surface area contributed by atoms with Crippen molar-refractivity contribution in [3.8, 4) is 5.75 Å². The normalized spacial score (nSPS) is 12.4. The van der Waals surface area contributed by atoms with E-state index in [0.29, 0.717) is 18.6 Å². The number of ether oxygens (including phenoxy) is 1. The van der Waals surface area contributed by atoms with Crippen molar-refractivity contribution in [3.63, 3.8) is 0 Å². The second-order valence-electron chi connectivity index (χ2n) is 6.16. The van der Waals surface area contributed by atoms with Crippen molar-refractivity contribution in [1.29, 1.82) is 0 Å². The average molecular weight is 348 g/mol. The number of hydrogen-bond acceptors (Lipinski definition) is 3. The largest absolute Gasteiger partial charge is 0.494 e. The first-order valence-electron chi connectivity index (χ1n) is 8.93. The zero-order valence-electron chi connectivity index (χ0n) is 16.1. The fourth-order valence-corrected chi connectivity index (χ4v) is 2.06. The molecule has 0 aliphatic heterocycles. The molecule has 6 heteroatoms. The van der Waals surface area contributed by atoms with Crippen LogP contribution in [0.2, 0.25) is 0 Å². The molecule has 1 atom stereocenters. The van der Waals surface area contributed by atoms with Gasteiger partial charge in [0.1, 0.15) is 12.3 Å². The predicted molar refractivity (Wildman–Crippen MR) is 103 cm³/mol. The Morgan fingerprint density at radius 1 is 1.32 bits per heavy atom. The second kappa shape index (κ2) is 11.3. The number of hydrogen-bond donors (Lipinski definition) is 2. The Labute approximate surface area is 151 Å². The summed E-state index contributed by atoms with van der Waals surface area (Å²) in [6, 6.07) is 8.40. The van der Waals surface area contributed by atoms with Gasteiger partial charge in [0.05, 0.1) is 6.61 Å². The topological polar surface area (TPSA) is 66.0 Å². The van der Waals surface area contributed by atoms with Crippen LogP contribution in [0.1, 0.15) is 32.8 Å². The van der Waals surface area contributed by atoms with Gasteiger partial charge < -0.3 is 20.3 Å². The van der Waals surface area contributed by atoms with Crippen LogP contribution in [0.15, 0.2) is 29.3 Å². The Balaban J connectivity index is 2.60. The molecule has 6 nitrogen and oxygen atoms in total. The molecule has 1 aromatic carbocycles. The molecule has 0 radical (unpaired) electrons. The molecule has 25 heavy (non-hydrogen) atoms. The zero-order chi connectivity index (χ0) is 18.7. The minimum atomic E-state index is -0.0188. The molecule has 0 saturated carbocycles. The molecule has 0 aromatic heterocycles. The number of aliphatic imine (C=N–C) groups is 1. The summed E-state index contributed by atoms with van der Waals surface area (Å²) < 4.78 is 5.53. The third-order valence-corrected chi connectivity index (χ3v) is 3.78. The number of carbonyl (C=O) groups is 1. The van der Waals surface area contributed by atoms with E-state index in [1.165, 1.54) is 5.56 Å². The lowest BCUT2D eigenvalue weighted by Gasteiger charge is -2.17. The van der Waals surface area contributed by atoms with Crippen molar-refractivity contribution in [3.05, 3.63) is 29.8 Å². The van der Waals surface area contributed by atoms with Crippen LogP contribution in [-0.4, -0.2) is 56.6 Å². The van der Waals surface area contributed by atoms with Gasteiger partial charge in [-0.15, -0.1) is 0 Å². The molecule has 1 rings (SSSR count). The van der Waals surface area contributed by atoms with Crippen LogP contribution >= 0.6 is 0 Å². The Hall–Kier alpha value is -2.24. The molecular formula is C19H32N4O2. The predicted octanol–water partition coefficient (Wildman–Crippen LogP) is 2.05. The molecular weight excluding hydrogens is 316 g/mol. The molecule has 0 fully saturated rings. The highest BCUT2D eigenvalue weighted by Gasteiger charge is 2.07. The maximum atomic E-state index is 11.7. The van der Waals surface area contributed by atoms with Gasteiger partial charge in [0.15, 0.2) is 5.96 Å². The van der Waals surface area contributed by atoms with E-state index in [0.717, 1.165) is 25.1 Å². The van der Waals surface area contributed by atoms with Gasteiger partial charge in [-0.25, -0.2) is 4.99 Å².